The highest BCUT2D eigenvalue weighted by Crippen LogP contribution is 2.38. The number of hydrogen-bond donors (Lipinski definition) is 0. The van der Waals surface area contributed by atoms with E-state index in [2.05, 4.69) is 15.9 Å². The van der Waals surface area contributed by atoms with Crippen LogP contribution in [0.15, 0.2) is 16.6 Å². The molecule has 1 saturated heterocycles. The Morgan fingerprint density at radius 1 is 1.18 bits per heavy atom. The lowest BCUT2D eigenvalue weighted by molar-refractivity contribution is -0.183. The summed E-state index contributed by atoms with van der Waals surface area (Å²) < 4.78 is 22.5. The summed E-state index contributed by atoms with van der Waals surface area (Å²) in [5.74, 6) is 1.43. The molecule has 0 atom stereocenters. The molecular formula is C12H15BrO4. The highest BCUT2D eigenvalue weighted by Gasteiger charge is 2.22. The van der Waals surface area contributed by atoms with Crippen molar-refractivity contribution >= 4 is 15.9 Å². The summed E-state index contributed by atoms with van der Waals surface area (Å²) in [7, 11) is 3.24. The van der Waals surface area contributed by atoms with Gasteiger partial charge < -0.3 is 18.9 Å². The highest BCUT2D eigenvalue weighted by atomic mass is 79.9. The van der Waals surface area contributed by atoms with Crippen molar-refractivity contribution in [3.8, 4) is 11.5 Å². The maximum atomic E-state index is 5.58. The van der Waals surface area contributed by atoms with E-state index in [9.17, 15) is 0 Å². The molecule has 1 aromatic carbocycles. The topological polar surface area (TPSA) is 36.9 Å². The van der Waals surface area contributed by atoms with Crippen LogP contribution >= 0.6 is 15.9 Å². The SMILES string of the molecule is COc1cc(OC)c(Br)c(C2OCCCO2)c1. The summed E-state index contributed by atoms with van der Waals surface area (Å²) in [4.78, 5) is 0. The normalized spacial score (nSPS) is 16.9. The fourth-order valence-corrected chi connectivity index (χ4v) is 2.28. The zero-order valence-electron chi connectivity index (χ0n) is 9.86. The maximum absolute atomic E-state index is 5.58. The molecule has 0 N–H and O–H groups in total. The summed E-state index contributed by atoms with van der Waals surface area (Å²) in [6.07, 6.45) is 0.567. The molecule has 1 aliphatic rings. The quantitative estimate of drug-likeness (QED) is 0.860. The van der Waals surface area contributed by atoms with Crippen LogP contribution in [0.2, 0.25) is 0 Å². The molecule has 0 unspecified atom stereocenters. The lowest BCUT2D eigenvalue weighted by Crippen LogP contribution is -2.18. The van der Waals surface area contributed by atoms with Crippen LogP contribution in [0.5, 0.6) is 11.5 Å². The molecule has 1 aliphatic heterocycles. The second-order valence-electron chi connectivity index (χ2n) is 3.66. The van der Waals surface area contributed by atoms with Crippen LogP contribution in [0.1, 0.15) is 18.3 Å². The summed E-state index contributed by atoms with van der Waals surface area (Å²) in [6, 6.07) is 3.71. The van der Waals surface area contributed by atoms with Gasteiger partial charge in [0.15, 0.2) is 6.29 Å². The van der Waals surface area contributed by atoms with Crippen LogP contribution in [0.3, 0.4) is 0 Å². The van der Waals surface area contributed by atoms with Crippen LogP contribution in [0.4, 0.5) is 0 Å². The van der Waals surface area contributed by atoms with Gasteiger partial charge in [-0.2, -0.15) is 0 Å². The molecule has 0 bridgehead atoms. The Kier molecular flexibility index (Phi) is 4.25. The van der Waals surface area contributed by atoms with E-state index in [-0.39, 0.29) is 6.29 Å². The lowest BCUT2D eigenvalue weighted by Gasteiger charge is -2.25. The van der Waals surface area contributed by atoms with Crippen molar-refractivity contribution in [2.75, 3.05) is 27.4 Å². The van der Waals surface area contributed by atoms with Crippen molar-refractivity contribution in [2.24, 2.45) is 0 Å². The highest BCUT2D eigenvalue weighted by molar-refractivity contribution is 9.10. The van der Waals surface area contributed by atoms with E-state index in [0.717, 1.165) is 22.2 Å². The Morgan fingerprint density at radius 3 is 2.47 bits per heavy atom. The van der Waals surface area contributed by atoms with E-state index in [0.29, 0.717) is 19.0 Å². The fourth-order valence-electron chi connectivity index (χ4n) is 1.70. The van der Waals surface area contributed by atoms with Crippen LogP contribution in [0.25, 0.3) is 0 Å². The van der Waals surface area contributed by atoms with E-state index >= 15 is 0 Å². The van der Waals surface area contributed by atoms with Crippen molar-refractivity contribution in [2.45, 2.75) is 12.7 Å². The smallest absolute Gasteiger partial charge is 0.185 e. The van der Waals surface area contributed by atoms with E-state index in [1.54, 1.807) is 14.2 Å². The maximum Gasteiger partial charge on any atom is 0.185 e. The predicted molar refractivity (Wildman–Crippen MR) is 66.5 cm³/mol. The minimum Gasteiger partial charge on any atom is -0.497 e. The Balaban J connectivity index is 2.36. The van der Waals surface area contributed by atoms with Gasteiger partial charge in [0.1, 0.15) is 11.5 Å². The van der Waals surface area contributed by atoms with Crippen LogP contribution in [-0.2, 0) is 9.47 Å². The van der Waals surface area contributed by atoms with Gasteiger partial charge in [0.05, 0.1) is 31.9 Å². The molecule has 2 rings (SSSR count). The predicted octanol–water partition coefficient (Wildman–Crippen LogP) is 2.90. The monoisotopic (exact) mass is 302 g/mol. The van der Waals surface area contributed by atoms with Crippen LogP contribution in [-0.4, -0.2) is 27.4 Å². The van der Waals surface area contributed by atoms with Crippen molar-refractivity contribution in [1.82, 2.24) is 0 Å². The Morgan fingerprint density at radius 2 is 1.88 bits per heavy atom. The average molecular weight is 303 g/mol. The van der Waals surface area contributed by atoms with Gasteiger partial charge in [0.2, 0.25) is 0 Å². The molecule has 94 valence electrons. The van der Waals surface area contributed by atoms with Gasteiger partial charge in [-0.25, -0.2) is 0 Å². The number of halogens is 1. The summed E-state index contributed by atoms with van der Waals surface area (Å²) >= 11 is 3.50. The molecule has 17 heavy (non-hydrogen) atoms. The van der Waals surface area contributed by atoms with Crippen LogP contribution in [0, 0.1) is 0 Å². The van der Waals surface area contributed by atoms with Crippen molar-refractivity contribution < 1.29 is 18.9 Å². The first-order chi connectivity index (χ1) is 8.26. The first-order valence-electron chi connectivity index (χ1n) is 5.41. The lowest BCUT2D eigenvalue weighted by atomic mass is 10.2. The summed E-state index contributed by atoms with van der Waals surface area (Å²) in [5, 5.41) is 0. The molecule has 0 aromatic heterocycles. The third-order valence-electron chi connectivity index (χ3n) is 2.58. The number of rotatable bonds is 3. The average Bonchev–Trinajstić information content (AvgIpc) is 2.40. The molecular weight excluding hydrogens is 288 g/mol. The Bertz CT molecular complexity index is 388. The van der Waals surface area contributed by atoms with Crippen molar-refractivity contribution in [3.63, 3.8) is 0 Å². The molecule has 0 amide bonds. The van der Waals surface area contributed by atoms with Gasteiger partial charge in [-0.1, -0.05) is 0 Å². The molecule has 0 radical (unpaired) electrons. The molecule has 1 fully saturated rings. The van der Waals surface area contributed by atoms with Gasteiger partial charge >= 0.3 is 0 Å². The first-order valence-corrected chi connectivity index (χ1v) is 6.20. The molecule has 0 saturated carbocycles. The van der Waals surface area contributed by atoms with Gasteiger partial charge in [0.25, 0.3) is 0 Å². The second-order valence-corrected chi connectivity index (χ2v) is 4.45. The fraction of sp³-hybridized carbons (Fsp3) is 0.500. The first kappa shape index (κ1) is 12.7. The number of methoxy groups -OCH3 is 2. The molecule has 1 heterocycles. The zero-order chi connectivity index (χ0) is 12.3. The Hall–Kier alpha value is -0.780. The summed E-state index contributed by atoms with van der Waals surface area (Å²) in [6.45, 7) is 1.41. The van der Waals surface area contributed by atoms with E-state index in [1.165, 1.54) is 0 Å². The second kappa shape index (κ2) is 5.71. The third-order valence-corrected chi connectivity index (χ3v) is 3.43. The molecule has 4 nitrogen and oxygen atoms in total. The van der Waals surface area contributed by atoms with E-state index in [1.807, 2.05) is 12.1 Å². The minimum atomic E-state index is -0.359. The van der Waals surface area contributed by atoms with Gasteiger partial charge in [-0.05, 0) is 28.4 Å². The van der Waals surface area contributed by atoms with Crippen molar-refractivity contribution in [1.29, 1.82) is 0 Å². The van der Waals surface area contributed by atoms with Crippen LogP contribution < -0.4 is 9.47 Å². The van der Waals surface area contributed by atoms with Gasteiger partial charge in [0, 0.05) is 11.6 Å². The van der Waals surface area contributed by atoms with Gasteiger partial charge in [-0.15, -0.1) is 0 Å². The Labute approximate surface area is 109 Å². The zero-order valence-corrected chi connectivity index (χ0v) is 11.5. The number of hydrogen-bond acceptors (Lipinski definition) is 4. The number of benzene rings is 1. The third kappa shape index (κ3) is 2.73. The summed E-state index contributed by atoms with van der Waals surface area (Å²) in [5.41, 5.74) is 0.890. The molecule has 0 aliphatic carbocycles. The van der Waals surface area contributed by atoms with E-state index in [4.69, 9.17) is 18.9 Å². The minimum absolute atomic E-state index is 0.359. The van der Waals surface area contributed by atoms with E-state index < -0.39 is 0 Å². The molecule has 1 aromatic rings. The largest absolute Gasteiger partial charge is 0.497 e. The molecule has 5 heteroatoms. The standard InChI is InChI=1S/C12H15BrO4/c1-14-8-6-9(11(13)10(7-8)15-2)12-16-4-3-5-17-12/h6-7,12H,3-5H2,1-2H3. The van der Waals surface area contributed by atoms with Crippen molar-refractivity contribution in [3.05, 3.63) is 22.2 Å². The molecule has 0 spiro atoms. The number of ether oxygens (including phenoxy) is 4. The van der Waals surface area contributed by atoms with Gasteiger partial charge in [-0.3, -0.25) is 0 Å².